The fraction of sp³-hybridized carbons (Fsp3) is 0.357. The summed E-state index contributed by atoms with van der Waals surface area (Å²) in [5.74, 6) is 1.40. The van der Waals surface area contributed by atoms with Crippen molar-refractivity contribution in [3.8, 4) is 16.9 Å². The Bertz CT molecular complexity index is 515. The second kappa shape index (κ2) is 4.62. The molecule has 1 heterocycles. The Morgan fingerprint density at radius 3 is 2.59 bits per heavy atom. The van der Waals surface area contributed by atoms with Crippen LogP contribution in [0.15, 0.2) is 30.6 Å². The molecule has 0 aliphatic rings. The molecule has 0 fully saturated rings. The van der Waals surface area contributed by atoms with Gasteiger partial charge in [0, 0.05) is 24.4 Å². The van der Waals surface area contributed by atoms with Gasteiger partial charge in [-0.25, -0.2) is 0 Å². The first-order chi connectivity index (χ1) is 8.11. The van der Waals surface area contributed by atoms with Gasteiger partial charge in [0.2, 0.25) is 0 Å². The molecule has 1 aromatic carbocycles. The molecule has 3 nitrogen and oxygen atoms in total. The molecular formula is C14H18N2O. The standard InChI is InChI=1S/C14H18N2O/c1-10(2)11-5-6-14(17-4)13(7-11)12-8-15-16(3)9-12/h5-10H,1-4H3. The van der Waals surface area contributed by atoms with Crippen LogP contribution < -0.4 is 4.74 Å². The van der Waals surface area contributed by atoms with Gasteiger partial charge in [0.15, 0.2) is 0 Å². The number of methoxy groups -OCH3 is 1. The monoisotopic (exact) mass is 230 g/mol. The molecule has 0 amide bonds. The summed E-state index contributed by atoms with van der Waals surface area (Å²) in [6.45, 7) is 4.38. The van der Waals surface area contributed by atoms with E-state index in [2.05, 4.69) is 31.1 Å². The predicted octanol–water partition coefficient (Wildman–Crippen LogP) is 3.22. The zero-order valence-corrected chi connectivity index (χ0v) is 10.8. The van der Waals surface area contributed by atoms with Crippen LogP contribution in [0.3, 0.4) is 0 Å². The summed E-state index contributed by atoms with van der Waals surface area (Å²) >= 11 is 0. The Balaban J connectivity index is 2.53. The fourth-order valence-electron chi connectivity index (χ4n) is 1.87. The molecule has 0 aliphatic carbocycles. The normalized spacial score (nSPS) is 10.9. The quantitative estimate of drug-likeness (QED) is 0.809. The zero-order valence-electron chi connectivity index (χ0n) is 10.8. The van der Waals surface area contributed by atoms with Gasteiger partial charge in [-0.3, -0.25) is 4.68 Å². The molecule has 0 spiro atoms. The summed E-state index contributed by atoms with van der Waals surface area (Å²) in [5, 5.41) is 4.20. The van der Waals surface area contributed by atoms with Gasteiger partial charge in [-0.2, -0.15) is 5.10 Å². The number of aryl methyl sites for hydroxylation is 1. The van der Waals surface area contributed by atoms with Crippen molar-refractivity contribution < 1.29 is 4.74 Å². The lowest BCUT2D eigenvalue weighted by Crippen LogP contribution is -1.92. The third kappa shape index (κ3) is 2.33. The first kappa shape index (κ1) is 11.7. The topological polar surface area (TPSA) is 27.1 Å². The predicted molar refractivity (Wildman–Crippen MR) is 69.3 cm³/mol. The maximum atomic E-state index is 5.41. The van der Waals surface area contributed by atoms with E-state index in [1.165, 1.54) is 5.56 Å². The number of benzene rings is 1. The number of rotatable bonds is 3. The van der Waals surface area contributed by atoms with E-state index in [1.54, 1.807) is 11.8 Å². The Kier molecular flexibility index (Phi) is 3.18. The number of aromatic nitrogens is 2. The Morgan fingerprint density at radius 2 is 2.06 bits per heavy atom. The van der Waals surface area contributed by atoms with Crippen molar-refractivity contribution in [1.82, 2.24) is 9.78 Å². The van der Waals surface area contributed by atoms with Crippen LogP contribution in [0.4, 0.5) is 0 Å². The second-order valence-electron chi connectivity index (χ2n) is 4.52. The van der Waals surface area contributed by atoms with Crippen molar-refractivity contribution in [2.45, 2.75) is 19.8 Å². The summed E-state index contributed by atoms with van der Waals surface area (Å²) < 4.78 is 7.21. The van der Waals surface area contributed by atoms with Crippen molar-refractivity contribution in [2.75, 3.05) is 7.11 Å². The molecule has 0 unspecified atom stereocenters. The van der Waals surface area contributed by atoms with E-state index >= 15 is 0 Å². The van der Waals surface area contributed by atoms with Crippen molar-refractivity contribution in [1.29, 1.82) is 0 Å². The van der Waals surface area contributed by atoms with Gasteiger partial charge in [0.25, 0.3) is 0 Å². The van der Waals surface area contributed by atoms with Gasteiger partial charge in [-0.05, 0) is 23.6 Å². The average Bonchev–Trinajstić information content (AvgIpc) is 2.74. The molecule has 0 atom stereocenters. The number of ether oxygens (including phenoxy) is 1. The lowest BCUT2D eigenvalue weighted by atomic mass is 9.98. The van der Waals surface area contributed by atoms with Gasteiger partial charge in [-0.1, -0.05) is 19.9 Å². The van der Waals surface area contributed by atoms with E-state index in [-0.39, 0.29) is 0 Å². The lowest BCUT2D eigenvalue weighted by Gasteiger charge is -2.11. The van der Waals surface area contributed by atoms with Crippen molar-refractivity contribution in [2.24, 2.45) is 7.05 Å². The summed E-state index contributed by atoms with van der Waals surface area (Å²) in [7, 11) is 3.62. The maximum Gasteiger partial charge on any atom is 0.126 e. The van der Waals surface area contributed by atoms with Crippen LogP contribution in [-0.4, -0.2) is 16.9 Å². The highest BCUT2D eigenvalue weighted by molar-refractivity contribution is 5.70. The average molecular weight is 230 g/mol. The van der Waals surface area contributed by atoms with Crippen LogP contribution in [-0.2, 0) is 7.05 Å². The van der Waals surface area contributed by atoms with Crippen molar-refractivity contribution in [3.63, 3.8) is 0 Å². The van der Waals surface area contributed by atoms with E-state index < -0.39 is 0 Å². The summed E-state index contributed by atoms with van der Waals surface area (Å²) in [6.07, 6.45) is 3.86. The molecule has 2 aromatic rings. The number of hydrogen-bond donors (Lipinski definition) is 0. The fourth-order valence-corrected chi connectivity index (χ4v) is 1.87. The van der Waals surface area contributed by atoms with E-state index in [0.29, 0.717) is 5.92 Å². The molecular weight excluding hydrogens is 212 g/mol. The highest BCUT2D eigenvalue weighted by Gasteiger charge is 2.10. The van der Waals surface area contributed by atoms with Crippen LogP contribution in [0.1, 0.15) is 25.3 Å². The molecule has 0 bridgehead atoms. The minimum absolute atomic E-state index is 0.510. The molecule has 90 valence electrons. The van der Waals surface area contributed by atoms with Crippen LogP contribution in [0.2, 0.25) is 0 Å². The highest BCUT2D eigenvalue weighted by atomic mass is 16.5. The summed E-state index contributed by atoms with van der Waals surface area (Å²) in [5.41, 5.74) is 3.50. The molecule has 3 heteroatoms. The smallest absolute Gasteiger partial charge is 0.126 e. The minimum atomic E-state index is 0.510. The van der Waals surface area contributed by atoms with Crippen LogP contribution in [0.25, 0.3) is 11.1 Å². The first-order valence-corrected chi connectivity index (χ1v) is 5.78. The zero-order chi connectivity index (χ0) is 12.4. The number of hydrogen-bond acceptors (Lipinski definition) is 2. The van der Waals surface area contributed by atoms with Gasteiger partial charge < -0.3 is 4.74 Å². The first-order valence-electron chi connectivity index (χ1n) is 5.78. The van der Waals surface area contributed by atoms with E-state index in [1.807, 2.05) is 25.5 Å². The summed E-state index contributed by atoms with van der Waals surface area (Å²) in [4.78, 5) is 0. The molecule has 0 saturated heterocycles. The Labute approximate surface area is 102 Å². The molecule has 0 aliphatic heterocycles. The molecule has 0 radical (unpaired) electrons. The van der Waals surface area contributed by atoms with Crippen LogP contribution in [0, 0.1) is 0 Å². The SMILES string of the molecule is COc1ccc(C(C)C)cc1-c1cnn(C)c1. The second-order valence-corrected chi connectivity index (χ2v) is 4.52. The third-order valence-electron chi connectivity index (χ3n) is 2.91. The largest absolute Gasteiger partial charge is 0.496 e. The van der Waals surface area contributed by atoms with E-state index in [9.17, 15) is 0 Å². The molecule has 1 aromatic heterocycles. The van der Waals surface area contributed by atoms with Crippen molar-refractivity contribution in [3.05, 3.63) is 36.2 Å². The van der Waals surface area contributed by atoms with Gasteiger partial charge in [-0.15, -0.1) is 0 Å². The van der Waals surface area contributed by atoms with Crippen molar-refractivity contribution >= 4 is 0 Å². The molecule has 2 rings (SSSR count). The Morgan fingerprint density at radius 1 is 1.29 bits per heavy atom. The van der Waals surface area contributed by atoms with Crippen LogP contribution in [0.5, 0.6) is 5.75 Å². The van der Waals surface area contributed by atoms with Gasteiger partial charge in [0.1, 0.15) is 5.75 Å². The van der Waals surface area contributed by atoms with Gasteiger partial charge >= 0.3 is 0 Å². The van der Waals surface area contributed by atoms with Gasteiger partial charge in [0.05, 0.1) is 13.3 Å². The Hall–Kier alpha value is -1.77. The molecule has 0 N–H and O–H groups in total. The molecule has 17 heavy (non-hydrogen) atoms. The van der Waals surface area contributed by atoms with E-state index in [4.69, 9.17) is 4.74 Å². The number of nitrogens with zero attached hydrogens (tertiary/aromatic N) is 2. The lowest BCUT2D eigenvalue weighted by molar-refractivity contribution is 0.416. The van der Waals surface area contributed by atoms with E-state index in [0.717, 1.165) is 16.9 Å². The van der Waals surface area contributed by atoms with Crippen LogP contribution >= 0.6 is 0 Å². The highest BCUT2D eigenvalue weighted by Crippen LogP contribution is 2.32. The maximum absolute atomic E-state index is 5.41. The third-order valence-corrected chi connectivity index (χ3v) is 2.91. The molecule has 0 saturated carbocycles. The summed E-state index contributed by atoms with van der Waals surface area (Å²) in [6, 6.07) is 6.32. The minimum Gasteiger partial charge on any atom is -0.496 e.